The normalized spacial score (nSPS) is 10.8. The molecule has 0 unspecified atom stereocenters. The van der Waals surface area contributed by atoms with E-state index in [0.29, 0.717) is 29.2 Å². The minimum absolute atomic E-state index is 0.158. The molecule has 0 heterocycles. The zero-order valence-electron chi connectivity index (χ0n) is 18.1. The van der Waals surface area contributed by atoms with Gasteiger partial charge < -0.3 is 14.8 Å². The fraction of sp³-hybridized carbons (Fsp3) is 0.120. The molecule has 0 atom stereocenters. The first-order chi connectivity index (χ1) is 15.9. The van der Waals surface area contributed by atoms with Gasteiger partial charge in [-0.2, -0.15) is 5.26 Å². The molecule has 0 aliphatic heterocycles. The fourth-order valence-corrected chi connectivity index (χ4v) is 2.99. The molecule has 8 heteroatoms. The molecule has 33 heavy (non-hydrogen) atoms. The summed E-state index contributed by atoms with van der Waals surface area (Å²) in [7, 11) is 1.50. The first-order valence-corrected chi connectivity index (χ1v) is 9.94. The summed E-state index contributed by atoms with van der Waals surface area (Å²) in [5.74, 6) is 0.296. The molecule has 3 rings (SSSR count). The molecule has 0 fully saturated rings. The number of carbonyl (C=O) groups is 1. The summed E-state index contributed by atoms with van der Waals surface area (Å²) in [6, 6.07) is 20.7. The lowest BCUT2D eigenvalue weighted by atomic mass is 10.1. The average Bonchev–Trinajstić information content (AvgIpc) is 2.83. The van der Waals surface area contributed by atoms with Crippen LogP contribution in [-0.4, -0.2) is 17.9 Å². The van der Waals surface area contributed by atoms with Crippen molar-refractivity contribution >= 4 is 23.4 Å². The van der Waals surface area contributed by atoms with Gasteiger partial charge in [0.1, 0.15) is 18.2 Å². The fourth-order valence-electron chi connectivity index (χ4n) is 2.99. The van der Waals surface area contributed by atoms with Crippen molar-refractivity contribution in [3.8, 4) is 17.6 Å². The van der Waals surface area contributed by atoms with Crippen LogP contribution in [0.4, 0.5) is 11.4 Å². The highest BCUT2D eigenvalue weighted by Gasteiger charge is 2.15. The van der Waals surface area contributed by atoms with Crippen molar-refractivity contribution in [3.63, 3.8) is 0 Å². The Morgan fingerprint density at radius 3 is 2.55 bits per heavy atom. The number of carbonyl (C=O) groups excluding carboxylic acids is 1. The molecular weight excluding hydrogens is 422 g/mol. The highest BCUT2D eigenvalue weighted by Crippen LogP contribution is 2.30. The van der Waals surface area contributed by atoms with Crippen LogP contribution in [0.2, 0.25) is 0 Å². The molecule has 3 aromatic carbocycles. The number of benzene rings is 3. The van der Waals surface area contributed by atoms with E-state index in [1.807, 2.05) is 36.4 Å². The molecule has 0 aliphatic rings. The summed E-state index contributed by atoms with van der Waals surface area (Å²) in [4.78, 5) is 23.1. The number of amides is 1. The van der Waals surface area contributed by atoms with Crippen molar-refractivity contribution in [2.45, 2.75) is 13.5 Å². The largest absolute Gasteiger partial charge is 0.493 e. The van der Waals surface area contributed by atoms with Crippen molar-refractivity contribution in [2.75, 3.05) is 12.4 Å². The first-order valence-electron chi connectivity index (χ1n) is 9.94. The van der Waals surface area contributed by atoms with Crippen molar-refractivity contribution in [2.24, 2.45) is 0 Å². The third-order valence-corrected chi connectivity index (χ3v) is 4.78. The Morgan fingerprint density at radius 2 is 1.88 bits per heavy atom. The number of nitro groups is 1. The van der Waals surface area contributed by atoms with E-state index in [9.17, 15) is 20.2 Å². The third kappa shape index (κ3) is 5.95. The van der Waals surface area contributed by atoms with E-state index in [1.165, 1.54) is 31.4 Å². The molecule has 0 radical (unpaired) electrons. The minimum Gasteiger partial charge on any atom is -0.493 e. The van der Waals surface area contributed by atoms with Crippen LogP contribution in [0.3, 0.4) is 0 Å². The maximum atomic E-state index is 12.6. The molecule has 3 aromatic rings. The Labute approximate surface area is 190 Å². The van der Waals surface area contributed by atoms with E-state index in [4.69, 9.17) is 9.47 Å². The summed E-state index contributed by atoms with van der Waals surface area (Å²) in [6.07, 6.45) is 1.41. The topological polar surface area (TPSA) is 114 Å². The summed E-state index contributed by atoms with van der Waals surface area (Å²) in [6.45, 7) is 2.06. The predicted molar refractivity (Wildman–Crippen MR) is 124 cm³/mol. The van der Waals surface area contributed by atoms with Gasteiger partial charge in [-0.1, -0.05) is 42.5 Å². The maximum Gasteiger partial charge on any atom is 0.271 e. The monoisotopic (exact) mass is 443 g/mol. The van der Waals surface area contributed by atoms with E-state index < -0.39 is 10.8 Å². The Kier molecular flexibility index (Phi) is 7.39. The average molecular weight is 443 g/mol. The number of non-ortho nitro benzene ring substituents is 1. The summed E-state index contributed by atoms with van der Waals surface area (Å²) < 4.78 is 11.2. The SMILES string of the molecule is COc1cc(/C=C(\C#N)C(=O)Nc2cc([N+](=O)[O-])ccc2C)ccc1OCc1ccccc1. The summed E-state index contributed by atoms with van der Waals surface area (Å²) in [5.41, 5.74) is 2.13. The van der Waals surface area contributed by atoms with Gasteiger partial charge in [0.2, 0.25) is 0 Å². The van der Waals surface area contributed by atoms with Crippen LogP contribution in [0.1, 0.15) is 16.7 Å². The van der Waals surface area contributed by atoms with Gasteiger partial charge in [-0.3, -0.25) is 14.9 Å². The van der Waals surface area contributed by atoms with Crippen LogP contribution in [-0.2, 0) is 11.4 Å². The van der Waals surface area contributed by atoms with Gasteiger partial charge in [0.25, 0.3) is 11.6 Å². The zero-order valence-corrected chi connectivity index (χ0v) is 18.1. The quantitative estimate of drug-likeness (QED) is 0.226. The second-order valence-electron chi connectivity index (χ2n) is 7.06. The van der Waals surface area contributed by atoms with Gasteiger partial charge in [0.05, 0.1) is 17.7 Å². The molecule has 0 aromatic heterocycles. The molecule has 0 aliphatic carbocycles. The van der Waals surface area contributed by atoms with Gasteiger partial charge >= 0.3 is 0 Å². The van der Waals surface area contributed by atoms with Crippen LogP contribution in [0.5, 0.6) is 11.5 Å². The lowest BCUT2D eigenvalue weighted by Gasteiger charge is -2.12. The van der Waals surface area contributed by atoms with Crippen LogP contribution >= 0.6 is 0 Å². The lowest BCUT2D eigenvalue weighted by Crippen LogP contribution is -2.14. The Balaban J connectivity index is 1.79. The van der Waals surface area contributed by atoms with E-state index in [0.717, 1.165) is 5.56 Å². The Bertz CT molecular complexity index is 1250. The summed E-state index contributed by atoms with van der Waals surface area (Å²) >= 11 is 0. The van der Waals surface area contributed by atoms with Crippen molar-refractivity contribution in [1.29, 1.82) is 5.26 Å². The minimum atomic E-state index is -0.676. The molecular formula is C25H21N3O5. The van der Waals surface area contributed by atoms with Gasteiger partial charge in [0, 0.05) is 12.1 Å². The standard InChI is InChI=1S/C25H21N3O5/c1-17-8-10-21(28(30)31)14-22(17)27-25(29)20(15-26)12-19-9-11-23(24(13-19)32-2)33-16-18-6-4-3-5-7-18/h3-14H,16H2,1-2H3,(H,27,29)/b20-12+. The molecule has 0 bridgehead atoms. The van der Waals surface area contributed by atoms with Crippen LogP contribution < -0.4 is 14.8 Å². The number of anilines is 1. The Hall–Kier alpha value is -4.64. The maximum absolute atomic E-state index is 12.6. The number of methoxy groups -OCH3 is 1. The second-order valence-corrected chi connectivity index (χ2v) is 7.06. The number of aryl methyl sites for hydroxylation is 1. The highest BCUT2D eigenvalue weighted by molar-refractivity contribution is 6.10. The zero-order chi connectivity index (χ0) is 23.8. The van der Waals surface area contributed by atoms with E-state index in [2.05, 4.69) is 5.32 Å². The number of nitrogens with zero attached hydrogens (tertiary/aromatic N) is 2. The number of nitrogens with one attached hydrogen (secondary N) is 1. The van der Waals surface area contributed by atoms with E-state index in [-0.39, 0.29) is 16.9 Å². The Morgan fingerprint density at radius 1 is 1.12 bits per heavy atom. The van der Waals surface area contributed by atoms with Crippen molar-refractivity contribution in [1.82, 2.24) is 0 Å². The second kappa shape index (κ2) is 10.6. The van der Waals surface area contributed by atoms with E-state index >= 15 is 0 Å². The lowest BCUT2D eigenvalue weighted by molar-refractivity contribution is -0.384. The van der Waals surface area contributed by atoms with Crippen LogP contribution in [0.25, 0.3) is 6.08 Å². The highest BCUT2D eigenvalue weighted by atomic mass is 16.6. The number of nitro benzene ring substituents is 1. The molecule has 1 N–H and O–H groups in total. The third-order valence-electron chi connectivity index (χ3n) is 4.78. The van der Waals surface area contributed by atoms with Gasteiger partial charge in [0.15, 0.2) is 11.5 Å². The van der Waals surface area contributed by atoms with Crippen LogP contribution in [0, 0.1) is 28.4 Å². The van der Waals surface area contributed by atoms with Crippen molar-refractivity contribution in [3.05, 3.63) is 99.1 Å². The molecule has 166 valence electrons. The molecule has 1 amide bonds. The molecule has 0 spiro atoms. The molecule has 0 saturated carbocycles. The molecule has 8 nitrogen and oxygen atoms in total. The molecule has 0 saturated heterocycles. The van der Waals surface area contributed by atoms with Crippen molar-refractivity contribution < 1.29 is 19.2 Å². The first kappa shape index (κ1) is 23.0. The van der Waals surface area contributed by atoms with Gasteiger partial charge in [-0.05, 0) is 41.8 Å². The number of hydrogen-bond donors (Lipinski definition) is 1. The van der Waals surface area contributed by atoms with E-state index in [1.54, 1.807) is 25.1 Å². The summed E-state index contributed by atoms with van der Waals surface area (Å²) in [5, 5.41) is 23.1. The van der Waals surface area contributed by atoms with Crippen LogP contribution in [0.15, 0.2) is 72.3 Å². The smallest absolute Gasteiger partial charge is 0.271 e. The number of nitriles is 1. The number of hydrogen-bond acceptors (Lipinski definition) is 6. The number of ether oxygens (including phenoxy) is 2. The number of rotatable bonds is 8. The van der Waals surface area contributed by atoms with Gasteiger partial charge in [-0.15, -0.1) is 0 Å². The predicted octanol–water partition coefficient (Wildman–Crippen LogP) is 5.04. The van der Waals surface area contributed by atoms with Gasteiger partial charge in [-0.25, -0.2) is 0 Å².